The van der Waals surface area contributed by atoms with Gasteiger partial charge in [-0.15, -0.1) is 0 Å². The van der Waals surface area contributed by atoms with E-state index in [2.05, 4.69) is 6.92 Å². The summed E-state index contributed by atoms with van der Waals surface area (Å²) < 4.78 is 0. The predicted octanol–water partition coefficient (Wildman–Crippen LogP) is 5.93. The Morgan fingerprint density at radius 1 is 0.562 bits per heavy atom. The number of nitrogens with zero attached hydrogens (tertiary/aromatic N) is 1. The third-order valence-electron chi connectivity index (χ3n) is 5.83. The first-order valence-electron chi connectivity index (χ1n) is 13.7. The molecule has 194 valence electrons. The van der Waals surface area contributed by atoms with Crippen LogP contribution in [0, 0.1) is 0 Å². The maximum absolute atomic E-state index is 10.3. The van der Waals surface area contributed by atoms with Crippen molar-refractivity contribution in [3.05, 3.63) is 0 Å². The quantitative estimate of drug-likeness (QED) is 0.104. The van der Waals surface area contributed by atoms with E-state index >= 15 is 0 Å². The van der Waals surface area contributed by atoms with Crippen molar-refractivity contribution >= 4 is 0 Å². The Balaban J connectivity index is 3.63. The van der Waals surface area contributed by atoms with Gasteiger partial charge in [0.1, 0.15) is 0 Å². The smallest absolute Gasteiger partial charge is 0.0777 e. The van der Waals surface area contributed by atoms with Gasteiger partial charge in [0.05, 0.1) is 25.9 Å². The van der Waals surface area contributed by atoms with E-state index in [9.17, 15) is 5.11 Å². The SMILES string of the molecule is CCCCCCCCCCCCCCCCC(O)CN(OCCCCO)OCCCCO. The molecular formula is C26H55NO5. The van der Waals surface area contributed by atoms with E-state index in [1.807, 2.05) is 0 Å². The first kappa shape index (κ1) is 31.8. The number of hydrogen-bond acceptors (Lipinski definition) is 6. The zero-order valence-electron chi connectivity index (χ0n) is 21.2. The number of unbranched alkanes of at least 4 members (excludes halogenated alkanes) is 15. The first-order valence-corrected chi connectivity index (χ1v) is 13.7. The van der Waals surface area contributed by atoms with Crippen molar-refractivity contribution in [1.29, 1.82) is 0 Å². The lowest BCUT2D eigenvalue weighted by Crippen LogP contribution is -2.33. The molecule has 0 radical (unpaired) electrons. The van der Waals surface area contributed by atoms with Crippen LogP contribution in [0.25, 0.3) is 0 Å². The summed E-state index contributed by atoms with van der Waals surface area (Å²) in [5.74, 6) is 0. The molecule has 0 aromatic rings. The van der Waals surface area contributed by atoms with Gasteiger partial charge in [-0.1, -0.05) is 102 Å². The molecule has 1 unspecified atom stereocenters. The van der Waals surface area contributed by atoms with E-state index in [0.29, 0.717) is 32.6 Å². The van der Waals surface area contributed by atoms with Crippen LogP contribution in [0.5, 0.6) is 0 Å². The zero-order valence-corrected chi connectivity index (χ0v) is 21.2. The lowest BCUT2D eigenvalue weighted by atomic mass is 10.0. The number of hydrogen-bond donors (Lipinski definition) is 3. The van der Waals surface area contributed by atoms with Crippen LogP contribution in [0.4, 0.5) is 0 Å². The Labute approximate surface area is 198 Å². The minimum absolute atomic E-state index is 0.155. The fourth-order valence-electron chi connectivity index (χ4n) is 3.74. The summed E-state index contributed by atoms with van der Waals surface area (Å²) in [6.07, 6.45) is 21.8. The minimum atomic E-state index is -0.469. The molecule has 6 nitrogen and oxygen atoms in total. The monoisotopic (exact) mass is 461 g/mol. The van der Waals surface area contributed by atoms with Gasteiger partial charge in [-0.05, 0) is 32.1 Å². The third-order valence-corrected chi connectivity index (χ3v) is 5.83. The molecule has 0 aliphatic heterocycles. The average molecular weight is 462 g/mol. The van der Waals surface area contributed by atoms with Gasteiger partial charge >= 0.3 is 0 Å². The van der Waals surface area contributed by atoms with Gasteiger partial charge in [0.25, 0.3) is 0 Å². The van der Waals surface area contributed by atoms with E-state index < -0.39 is 6.10 Å². The summed E-state index contributed by atoms with van der Waals surface area (Å²) >= 11 is 0. The largest absolute Gasteiger partial charge is 0.396 e. The van der Waals surface area contributed by atoms with Gasteiger partial charge in [0, 0.05) is 13.2 Å². The van der Waals surface area contributed by atoms with E-state index in [1.54, 1.807) is 0 Å². The average Bonchev–Trinajstić information content (AvgIpc) is 2.79. The maximum Gasteiger partial charge on any atom is 0.0777 e. The first-order chi connectivity index (χ1) is 15.7. The fourth-order valence-corrected chi connectivity index (χ4v) is 3.74. The molecule has 0 heterocycles. The van der Waals surface area contributed by atoms with Crippen molar-refractivity contribution in [2.75, 3.05) is 33.0 Å². The van der Waals surface area contributed by atoms with Gasteiger partial charge in [-0.25, -0.2) is 0 Å². The highest BCUT2D eigenvalue weighted by atomic mass is 16.9. The lowest BCUT2D eigenvalue weighted by molar-refractivity contribution is -0.375. The molecule has 0 aliphatic rings. The third kappa shape index (κ3) is 24.4. The van der Waals surface area contributed by atoms with Crippen LogP contribution in [0.3, 0.4) is 0 Å². The molecule has 3 N–H and O–H groups in total. The topological polar surface area (TPSA) is 82.4 Å². The van der Waals surface area contributed by atoms with E-state index in [4.69, 9.17) is 19.9 Å². The Morgan fingerprint density at radius 3 is 1.38 bits per heavy atom. The maximum atomic E-state index is 10.3. The Morgan fingerprint density at radius 2 is 0.969 bits per heavy atom. The van der Waals surface area contributed by atoms with Crippen LogP contribution < -0.4 is 0 Å². The summed E-state index contributed by atoms with van der Waals surface area (Å²) in [7, 11) is 0. The van der Waals surface area contributed by atoms with Crippen molar-refractivity contribution in [2.45, 2.75) is 135 Å². The summed E-state index contributed by atoms with van der Waals surface area (Å²) in [5.41, 5.74) is 0. The predicted molar refractivity (Wildman–Crippen MR) is 132 cm³/mol. The van der Waals surface area contributed by atoms with Gasteiger partial charge in [-0.3, -0.25) is 9.68 Å². The molecule has 0 saturated heterocycles. The molecule has 0 aromatic heterocycles. The Kier molecular flexibility index (Phi) is 26.8. The molecule has 32 heavy (non-hydrogen) atoms. The highest BCUT2D eigenvalue weighted by Crippen LogP contribution is 2.14. The minimum Gasteiger partial charge on any atom is -0.396 e. The molecular weight excluding hydrogens is 406 g/mol. The van der Waals surface area contributed by atoms with Crippen LogP contribution in [-0.2, 0) is 9.68 Å². The van der Waals surface area contributed by atoms with Crippen LogP contribution in [0.2, 0.25) is 0 Å². The second-order valence-electron chi connectivity index (χ2n) is 9.08. The van der Waals surface area contributed by atoms with Gasteiger partial charge in [0.15, 0.2) is 0 Å². The lowest BCUT2D eigenvalue weighted by Gasteiger charge is -2.23. The molecule has 0 rings (SSSR count). The van der Waals surface area contributed by atoms with Gasteiger partial charge < -0.3 is 15.3 Å². The van der Waals surface area contributed by atoms with Crippen molar-refractivity contribution < 1.29 is 25.0 Å². The summed E-state index contributed by atoms with van der Waals surface area (Å²) in [6, 6.07) is 0. The van der Waals surface area contributed by atoms with E-state index in [0.717, 1.165) is 25.7 Å². The number of rotatable bonds is 27. The fraction of sp³-hybridized carbons (Fsp3) is 1.00. The standard InChI is InChI=1S/C26H55NO5/c1-2-3-4-5-6-7-8-9-10-11-12-13-14-15-20-26(30)25-27(31-23-18-16-21-28)32-24-19-17-22-29/h26,28-30H,2-25H2,1H3. The van der Waals surface area contributed by atoms with E-state index in [-0.39, 0.29) is 13.2 Å². The highest BCUT2D eigenvalue weighted by molar-refractivity contribution is 4.57. The van der Waals surface area contributed by atoms with Crippen LogP contribution in [0.15, 0.2) is 0 Å². The second kappa shape index (κ2) is 27.0. The van der Waals surface area contributed by atoms with Crippen molar-refractivity contribution in [2.24, 2.45) is 0 Å². The zero-order chi connectivity index (χ0) is 23.5. The molecule has 1 atom stereocenters. The molecule has 0 spiro atoms. The molecule has 0 amide bonds. The van der Waals surface area contributed by atoms with Crippen molar-refractivity contribution in [1.82, 2.24) is 5.23 Å². The summed E-state index contributed by atoms with van der Waals surface area (Å²) in [4.78, 5) is 11.2. The van der Waals surface area contributed by atoms with Gasteiger partial charge in [-0.2, -0.15) is 0 Å². The highest BCUT2D eigenvalue weighted by Gasteiger charge is 2.13. The summed E-state index contributed by atoms with van der Waals surface area (Å²) in [5, 5.41) is 29.5. The Hall–Kier alpha value is -0.240. The number of aliphatic hydroxyl groups is 3. The Bertz CT molecular complexity index is 334. The molecule has 0 aromatic carbocycles. The second-order valence-corrected chi connectivity index (χ2v) is 9.08. The van der Waals surface area contributed by atoms with Crippen LogP contribution in [0.1, 0.15) is 129 Å². The molecule has 0 fully saturated rings. The molecule has 0 aliphatic carbocycles. The molecule has 0 bridgehead atoms. The molecule has 0 saturated carbocycles. The van der Waals surface area contributed by atoms with Gasteiger partial charge in [0.2, 0.25) is 0 Å². The normalized spacial score (nSPS) is 12.7. The van der Waals surface area contributed by atoms with Crippen molar-refractivity contribution in [3.8, 4) is 0 Å². The number of aliphatic hydroxyl groups excluding tert-OH is 3. The number of hydroxylamine groups is 2. The summed E-state index contributed by atoms with van der Waals surface area (Å²) in [6.45, 7) is 3.84. The van der Waals surface area contributed by atoms with Crippen molar-refractivity contribution in [3.63, 3.8) is 0 Å². The van der Waals surface area contributed by atoms with E-state index in [1.165, 1.54) is 88.7 Å². The van der Waals surface area contributed by atoms with Crippen LogP contribution in [-0.4, -0.2) is 59.6 Å². The molecule has 6 heteroatoms. The van der Waals surface area contributed by atoms with Crippen LogP contribution >= 0.6 is 0 Å².